The van der Waals surface area contributed by atoms with Gasteiger partial charge in [-0.25, -0.2) is 0 Å². The molecule has 0 saturated carbocycles. The van der Waals surface area contributed by atoms with E-state index in [4.69, 9.17) is 4.74 Å². The molecule has 0 fully saturated rings. The minimum absolute atomic E-state index is 0.596. The van der Waals surface area contributed by atoms with Crippen LogP contribution in [0.15, 0.2) is 158 Å². The minimum Gasteiger partial charge on any atom is -0.457 e. The number of benzene rings is 7. The second-order valence-electron chi connectivity index (χ2n) is 10.5. The molecule has 0 N–H and O–H groups in total. The number of hydrogen-bond donors (Lipinski definition) is 0. The number of ether oxygens (including phenoxy) is 1. The van der Waals surface area contributed by atoms with Gasteiger partial charge in [0, 0.05) is 11.1 Å². The minimum atomic E-state index is -0.596. The van der Waals surface area contributed by atoms with Gasteiger partial charge in [0.25, 0.3) is 0 Å². The van der Waals surface area contributed by atoms with Gasteiger partial charge in [0.2, 0.25) is 0 Å². The van der Waals surface area contributed by atoms with Gasteiger partial charge in [0.1, 0.15) is 11.5 Å². The van der Waals surface area contributed by atoms with Crippen molar-refractivity contribution in [1.29, 1.82) is 0 Å². The molecular weight excluding hydrogens is 484 g/mol. The van der Waals surface area contributed by atoms with Gasteiger partial charge >= 0.3 is 0 Å². The summed E-state index contributed by atoms with van der Waals surface area (Å²) in [5.41, 5.74) is 6.64. The van der Waals surface area contributed by atoms with Crippen molar-refractivity contribution in [2.75, 3.05) is 0 Å². The van der Waals surface area contributed by atoms with Gasteiger partial charge in [0.05, 0.1) is 5.41 Å². The first-order valence-electron chi connectivity index (χ1n) is 13.8. The molecular formula is C39H26O. The molecule has 1 nitrogen and oxygen atoms in total. The van der Waals surface area contributed by atoms with E-state index < -0.39 is 5.41 Å². The highest BCUT2D eigenvalue weighted by Crippen LogP contribution is 2.59. The van der Waals surface area contributed by atoms with Crippen molar-refractivity contribution in [2.24, 2.45) is 0 Å². The molecule has 1 heterocycles. The predicted molar refractivity (Wildman–Crippen MR) is 165 cm³/mol. The van der Waals surface area contributed by atoms with Gasteiger partial charge in [-0.2, -0.15) is 0 Å². The first-order valence-corrected chi connectivity index (χ1v) is 13.8. The third kappa shape index (κ3) is 3.28. The van der Waals surface area contributed by atoms with E-state index in [2.05, 4.69) is 158 Å². The monoisotopic (exact) mass is 510 g/mol. The third-order valence-corrected chi connectivity index (χ3v) is 8.38. The Labute approximate surface area is 233 Å². The summed E-state index contributed by atoms with van der Waals surface area (Å²) in [6.45, 7) is 0. The van der Waals surface area contributed by atoms with Gasteiger partial charge in [-0.1, -0.05) is 146 Å². The van der Waals surface area contributed by atoms with Crippen LogP contribution in [0.5, 0.6) is 11.5 Å². The zero-order valence-electron chi connectivity index (χ0n) is 21.9. The topological polar surface area (TPSA) is 9.23 Å². The number of fused-ring (bicyclic) bond motifs is 6. The summed E-state index contributed by atoms with van der Waals surface area (Å²) in [7, 11) is 0. The SMILES string of the molecule is c1ccc(-c2ccc(C3(c4ccccc4)c4c(ccc5ccccc45)Oc4ccc5ccccc5c43)cc2)cc1. The molecule has 0 aliphatic carbocycles. The summed E-state index contributed by atoms with van der Waals surface area (Å²) < 4.78 is 6.78. The molecule has 188 valence electrons. The van der Waals surface area contributed by atoms with E-state index in [0.29, 0.717) is 0 Å². The molecule has 0 amide bonds. The molecule has 7 aromatic rings. The van der Waals surface area contributed by atoms with Crippen molar-refractivity contribution >= 4 is 21.5 Å². The maximum atomic E-state index is 6.78. The standard InChI is InChI=1S/C39H26O/c1-3-11-27(12-4-1)28-19-23-32(24-20-28)39(31-15-5-2-6-16-31)37-33-17-9-7-13-29(33)21-25-35(37)40-36-26-22-30-14-8-10-18-34(30)38(36)39/h1-26H. The maximum Gasteiger partial charge on any atom is 0.132 e. The molecule has 7 aromatic carbocycles. The van der Waals surface area contributed by atoms with Gasteiger partial charge in [-0.15, -0.1) is 0 Å². The normalized spacial score (nSPS) is 13.4. The fourth-order valence-electron chi connectivity index (χ4n) is 6.67. The molecule has 0 unspecified atom stereocenters. The van der Waals surface area contributed by atoms with Crippen LogP contribution < -0.4 is 4.74 Å². The van der Waals surface area contributed by atoms with E-state index >= 15 is 0 Å². The molecule has 0 radical (unpaired) electrons. The van der Waals surface area contributed by atoms with Crippen molar-refractivity contribution in [2.45, 2.75) is 5.41 Å². The molecule has 0 bridgehead atoms. The molecule has 0 atom stereocenters. The first kappa shape index (κ1) is 22.8. The maximum absolute atomic E-state index is 6.78. The second kappa shape index (κ2) is 8.97. The van der Waals surface area contributed by atoms with E-state index in [1.807, 2.05) is 0 Å². The quantitative estimate of drug-likeness (QED) is 0.230. The van der Waals surface area contributed by atoms with Crippen LogP contribution in [0.4, 0.5) is 0 Å². The van der Waals surface area contributed by atoms with E-state index in [9.17, 15) is 0 Å². The summed E-state index contributed by atoms with van der Waals surface area (Å²) in [5, 5.41) is 4.81. The van der Waals surface area contributed by atoms with E-state index in [1.54, 1.807) is 0 Å². The highest BCUT2D eigenvalue weighted by atomic mass is 16.5. The molecule has 40 heavy (non-hydrogen) atoms. The smallest absolute Gasteiger partial charge is 0.132 e. The van der Waals surface area contributed by atoms with Crippen LogP contribution in [0.3, 0.4) is 0 Å². The average molecular weight is 511 g/mol. The van der Waals surface area contributed by atoms with Gasteiger partial charge in [-0.3, -0.25) is 0 Å². The van der Waals surface area contributed by atoms with Gasteiger partial charge in [0.15, 0.2) is 0 Å². The summed E-state index contributed by atoms with van der Waals surface area (Å²) in [5.74, 6) is 1.80. The summed E-state index contributed by atoms with van der Waals surface area (Å²) in [6.07, 6.45) is 0. The Hall–Kier alpha value is -5.14. The summed E-state index contributed by atoms with van der Waals surface area (Å²) in [4.78, 5) is 0. The Balaban J connectivity index is 1.56. The lowest BCUT2D eigenvalue weighted by Crippen LogP contribution is -2.34. The molecule has 8 rings (SSSR count). The summed E-state index contributed by atoms with van der Waals surface area (Å²) in [6, 6.07) is 56.7. The molecule has 0 saturated heterocycles. The van der Waals surface area contributed by atoms with Crippen LogP contribution in [0.2, 0.25) is 0 Å². The number of hydrogen-bond acceptors (Lipinski definition) is 1. The van der Waals surface area contributed by atoms with Crippen LogP contribution >= 0.6 is 0 Å². The van der Waals surface area contributed by atoms with Crippen LogP contribution in [-0.2, 0) is 5.41 Å². The predicted octanol–water partition coefficient (Wildman–Crippen LogP) is 10.1. The van der Waals surface area contributed by atoms with Crippen molar-refractivity contribution in [3.8, 4) is 22.6 Å². The average Bonchev–Trinajstić information content (AvgIpc) is 3.04. The van der Waals surface area contributed by atoms with Crippen LogP contribution in [0.1, 0.15) is 22.3 Å². The fraction of sp³-hybridized carbons (Fsp3) is 0.0256. The third-order valence-electron chi connectivity index (χ3n) is 8.38. The Morgan fingerprint density at radius 3 is 1.38 bits per heavy atom. The highest BCUT2D eigenvalue weighted by molar-refractivity contribution is 5.98. The molecule has 1 aliphatic rings. The van der Waals surface area contributed by atoms with Crippen LogP contribution in [0, 0.1) is 0 Å². The molecule has 1 heteroatoms. The van der Waals surface area contributed by atoms with Crippen LogP contribution in [-0.4, -0.2) is 0 Å². The zero-order chi connectivity index (χ0) is 26.5. The Bertz CT molecular complexity index is 1920. The van der Waals surface area contributed by atoms with Crippen molar-refractivity contribution in [3.63, 3.8) is 0 Å². The van der Waals surface area contributed by atoms with Gasteiger partial charge in [-0.05, 0) is 55.9 Å². The first-order chi connectivity index (χ1) is 19.8. The molecule has 0 aromatic heterocycles. The van der Waals surface area contributed by atoms with Crippen molar-refractivity contribution in [3.05, 3.63) is 180 Å². The largest absolute Gasteiger partial charge is 0.457 e. The lowest BCUT2D eigenvalue weighted by Gasteiger charge is -2.43. The Morgan fingerprint density at radius 1 is 0.350 bits per heavy atom. The zero-order valence-corrected chi connectivity index (χ0v) is 21.9. The van der Waals surface area contributed by atoms with E-state index in [1.165, 1.54) is 54.9 Å². The van der Waals surface area contributed by atoms with E-state index in [-0.39, 0.29) is 0 Å². The highest BCUT2D eigenvalue weighted by Gasteiger charge is 2.47. The molecule has 1 aliphatic heterocycles. The number of rotatable bonds is 3. The van der Waals surface area contributed by atoms with Crippen LogP contribution in [0.25, 0.3) is 32.7 Å². The Morgan fingerprint density at radius 2 is 0.800 bits per heavy atom. The Kier molecular flexibility index (Phi) is 5.11. The lowest BCUT2D eigenvalue weighted by atomic mass is 9.61. The summed E-state index contributed by atoms with van der Waals surface area (Å²) >= 11 is 0. The van der Waals surface area contributed by atoms with Gasteiger partial charge < -0.3 is 4.74 Å². The molecule has 0 spiro atoms. The van der Waals surface area contributed by atoms with E-state index in [0.717, 1.165) is 11.5 Å². The second-order valence-corrected chi connectivity index (χ2v) is 10.5. The van der Waals surface area contributed by atoms with Crippen molar-refractivity contribution < 1.29 is 4.74 Å². The van der Waals surface area contributed by atoms with Crippen molar-refractivity contribution in [1.82, 2.24) is 0 Å². The lowest BCUT2D eigenvalue weighted by molar-refractivity contribution is 0.439. The fourth-order valence-corrected chi connectivity index (χ4v) is 6.67.